The van der Waals surface area contributed by atoms with Gasteiger partial charge in [-0.3, -0.25) is 19.2 Å². The number of hydrogen-bond acceptors (Lipinski definition) is 8. The smallest absolute Gasteiger partial charge is 0.313 e. The van der Waals surface area contributed by atoms with Gasteiger partial charge >= 0.3 is 5.97 Å². The quantitative estimate of drug-likeness (QED) is 0.292. The fourth-order valence-corrected chi connectivity index (χ4v) is 7.97. The second-order valence-electron chi connectivity index (χ2n) is 13.3. The molecule has 11 nitrogen and oxygen atoms in total. The van der Waals surface area contributed by atoms with E-state index in [1.54, 1.807) is 79.6 Å². The first kappa shape index (κ1) is 34.2. The van der Waals surface area contributed by atoms with Crippen LogP contribution in [-0.4, -0.2) is 77.7 Å². The van der Waals surface area contributed by atoms with Crippen molar-refractivity contribution in [3.63, 3.8) is 0 Å². The molecule has 4 aliphatic heterocycles. The van der Waals surface area contributed by atoms with E-state index >= 15 is 4.79 Å². The first-order valence-corrected chi connectivity index (χ1v) is 17.3. The second kappa shape index (κ2) is 14.2. The molecule has 0 saturated carbocycles. The lowest BCUT2D eigenvalue weighted by molar-refractivity contribution is -0.161. The molecule has 3 aromatic rings. The fraction of sp³-hybridized carbons (Fsp3) is 0.350. The minimum Gasteiger partial charge on any atom is -0.497 e. The van der Waals surface area contributed by atoms with Crippen molar-refractivity contribution in [2.75, 3.05) is 25.2 Å². The maximum atomic E-state index is 15.2. The number of aliphatic hydroxyl groups is 1. The van der Waals surface area contributed by atoms with Crippen LogP contribution in [0.3, 0.4) is 0 Å². The van der Waals surface area contributed by atoms with E-state index in [0.29, 0.717) is 29.0 Å². The molecule has 0 radical (unpaired) electrons. The Labute approximate surface area is 296 Å². The second-order valence-corrected chi connectivity index (χ2v) is 13.3. The highest BCUT2D eigenvalue weighted by molar-refractivity contribution is 6.05. The highest BCUT2D eigenvalue weighted by Gasteiger charge is 2.74. The van der Waals surface area contributed by atoms with Crippen LogP contribution in [0.1, 0.15) is 43.0 Å². The van der Waals surface area contributed by atoms with Crippen LogP contribution in [0.15, 0.2) is 109 Å². The van der Waals surface area contributed by atoms with Gasteiger partial charge in [0.15, 0.2) is 0 Å². The molecule has 2 saturated heterocycles. The number of benzene rings is 3. The van der Waals surface area contributed by atoms with Crippen molar-refractivity contribution >= 4 is 29.4 Å². The Bertz CT molecular complexity index is 1830. The van der Waals surface area contributed by atoms with Crippen LogP contribution in [0.25, 0.3) is 0 Å². The lowest BCUT2D eigenvalue weighted by Gasteiger charge is -2.39. The normalized spacial score (nSPS) is 30.5. The monoisotopic (exact) mass is 691 g/mol. The third kappa shape index (κ3) is 6.10. The number of nitrogens with zero attached hydrogens (tertiary/aromatic N) is 2. The summed E-state index contributed by atoms with van der Waals surface area (Å²) in [5.41, 5.74) is 0.333. The summed E-state index contributed by atoms with van der Waals surface area (Å²) in [6, 6.07) is 22.4. The van der Waals surface area contributed by atoms with Gasteiger partial charge in [-0.2, -0.15) is 0 Å². The minimum atomic E-state index is -1.52. The van der Waals surface area contributed by atoms with Gasteiger partial charge in [0, 0.05) is 18.7 Å². The van der Waals surface area contributed by atoms with Gasteiger partial charge in [0.25, 0.3) is 5.91 Å². The molecule has 3 amide bonds. The predicted octanol–water partition coefficient (Wildman–Crippen LogP) is 4.05. The first-order valence-electron chi connectivity index (χ1n) is 17.3. The van der Waals surface area contributed by atoms with E-state index in [4.69, 9.17) is 14.2 Å². The summed E-state index contributed by atoms with van der Waals surface area (Å²) in [5, 5.41) is 13.9. The summed E-state index contributed by atoms with van der Waals surface area (Å²) in [5.74, 6) is -3.44. The molecule has 7 rings (SSSR count). The van der Waals surface area contributed by atoms with E-state index < -0.39 is 72.2 Å². The third-order valence-electron chi connectivity index (χ3n) is 10.4. The average molecular weight is 692 g/mol. The number of rotatable bonds is 6. The lowest BCUT2D eigenvalue weighted by atomic mass is 9.74. The zero-order valence-corrected chi connectivity index (χ0v) is 28.5. The number of aliphatic hydroxyl groups excluding tert-OH is 1. The van der Waals surface area contributed by atoms with Crippen LogP contribution in [0.5, 0.6) is 5.75 Å². The van der Waals surface area contributed by atoms with Gasteiger partial charge in [-0.05, 0) is 48.7 Å². The number of esters is 1. The van der Waals surface area contributed by atoms with Gasteiger partial charge in [-0.25, -0.2) is 0 Å². The van der Waals surface area contributed by atoms with Gasteiger partial charge in [-0.15, -0.1) is 0 Å². The summed E-state index contributed by atoms with van der Waals surface area (Å²) >= 11 is 0. The van der Waals surface area contributed by atoms with Crippen molar-refractivity contribution < 1.29 is 38.5 Å². The minimum absolute atomic E-state index is 0.117. The van der Waals surface area contributed by atoms with Crippen LogP contribution in [0.4, 0.5) is 5.69 Å². The van der Waals surface area contributed by atoms with Crippen molar-refractivity contribution in [3.8, 4) is 5.75 Å². The summed E-state index contributed by atoms with van der Waals surface area (Å²) in [4.78, 5) is 60.5. The number of carbonyl (C=O) groups is 4. The van der Waals surface area contributed by atoms with Crippen molar-refractivity contribution in [2.24, 2.45) is 11.8 Å². The van der Waals surface area contributed by atoms with Crippen LogP contribution < -0.4 is 15.0 Å². The molecule has 0 aliphatic carbocycles. The van der Waals surface area contributed by atoms with E-state index in [9.17, 15) is 19.5 Å². The topological polar surface area (TPSA) is 135 Å². The maximum absolute atomic E-state index is 15.2. The summed E-state index contributed by atoms with van der Waals surface area (Å²) < 4.78 is 18.2. The first-order chi connectivity index (χ1) is 24.8. The largest absolute Gasteiger partial charge is 0.497 e. The predicted molar refractivity (Wildman–Crippen MR) is 187 cm³/mol. The number of cyclic esters (lactones) is 1. The number of amides is 3. The van der Waals surface area contributed by atoms with Crippen LogP contribution in [0, 0.1) is 11.8 Å². The molecular formula is C40H41N3O8. The van der Waals surface area contributed by atoms with E-state index in [2.05, 4.69) is 5.32 Å². The number of ether oxygens (including phenoxy) is 3. The Balaban J connectivity index is 1.36. The summed E-state index contributed by atoms with van der Waals surface area (Å²) in [6.07, 6.45) is 6.01. The van der Waals surface area contributed by atoms with Crippen molar-refractivity contribution in [2.45, 2.75) is 55.7 Å². The van der Waals surface area contributed by atoms with Crippen LogP contribution in [0.2, 0.25) is 0 Å². The number of fused-ring (bicyclic) bond motifs is 2. The summed E-state index contributed by atoms with van der Waals surface area (Å²) in [6.45, 7) is 1.42. The summed E-state index contributed by atoms with van der Waals surface area (Å²) in [7, 11) is 1.55. The van der Waals surface area contributed by atoms with Crippen molar-refractivity contribution in [3.05, 3.63) is 120 Å². The van der Waals surface area contributed by atoms with E-state index in [1.807, 2.05) is 48.6 Å². The number of nitrogens with one attached hydrogen (secondary N) is 1. The molecule has 8 atom stereocenters. The molecular weight excluding hydrogens is 650 g/mol. The molecule has 51 heavy (non-hydrogen) atoms. The highest BCUT2D eigenvalue weighted by atomic mass is 16.6. The molecule has 2 fully saturated rings. The van der Waals surface area contributed by atoms with E-state index in [0.717, 1.165) is 0 Å². The fourth-order valence-electron chi connectivity index (χ4n) is 7.97. The average Bonchev–Trinajstić information content (AvgIpc) is 3.80. The van der Waals surface area contributed by atoms with Gasteiger partial charge < -0.3 is 34.4 Å². The molecule has 5 bridgehead atoms. The Kier molecular flexibility index (Phi) is 9.50. The molecule has 1 spiro atoms. The standard InChI is InChI=1S/C40H41N3O8/c1-25-35(27-14-8-4-9-15-27)50-39(48)33-31-21-22-40(51-31)34(33)37(46)43(30(24-44)26-12-6-3-7-13-26)36(40)38(47)42(23-11-5-10-16-32(45)41-25)28-17-19-29(49-2)20-18-28/h3-9,11-15,17-22,25,30-31,33-36,44H,10,16,23-24H2,1-2H3,(H,41,45)/b11-5-/t25-,30+,31+,33-,34-,35+,36+,40-/m0/s1. The molecule has 0 unspecified atom stereocenters. The van der Waals surface area contributed by atoms with Crippen LogP contribution in [-0.2, 0) is 28.7 Å². The molecule has 4 aliphatic rings. The third-order valence-corrected chi connectivity index (χ3v) is 10.4. The molecule has 0 aromatic heterocycles. The van der Waals surface area contributed by atoms with Gasteiger partial charge in [-0.1, -0.05) is 85.0 Å². The molecule has 11 heteroatoms. The molecule has 3 aromatic carbocycles. The molecule has 4 heterocycles. The van der Waals surface area contributed by atoms with Crippen LogP contribution >= 0.6 is 0 Å². The zero-order valence-electron chi connectivity index (χ0n) is 28.5. The molecule has 264 valence electrons. The van der Waals surface area contributed by atoms with Gasteiger partial charge in [0.1, 0.15) is 29.4 Å². The number of methoxy groups -OCH3 is 1. The van der Waals surface area contributed by atoms with Gasteiger partial charge in [0.2, 0.25) is 11.8 Å². The van der Waals surface area contributed by atoms with Crippen molar-refractivity contribution in [1.82, 2.24) is 10.2 Å². The maximum Gasteiger partial charge on any atom is 0.313 e. The van der Waals surface area contributed by atoms with Crippen molar-refractivity contribution in [1.29, 1.82) is 0 Å². The van der Waals surface area contributed by atoms with E-state index in [-0.39, 0.29) is 18.9 Å². The Morgan fingerprint density at radius 2 is 1.65 bits per heavy atom. The Hall–Kier alpha value is -5.26. The Morgan fingerprint density at radius 3 is 2.33 bits per heavy atom. The Morgan fingerprint density at radius 1 is 0.941 bits per heavy atom. The zero-order chi connectivity index (χ0) is 35.7. The lowest BCUT2D eigenvalue weighted by Crippen LogP contribution is -2.57. The van der Waals surface area contributed by atoms with E-state index in [1.165, 1.54) is 4.90 Å². The highest BCUT2D eigenvalue weighted by Crippen LogP contribution is 2.57. The number of anilines is 1. The molecule has 2 N–H and O–H groups in total. The number of likely N-dealkylation sites (tertiary alicyclic amines) is 1. The number of hydrogen-bond donors (Lipinski definition) is 2. The SMILES string of the molecule is COc1ccc(N2C/C=C\CCC(=O)N[C@@H](C)[C@H](c3ccccc3)OC(=O)[C@@H]3[C@H]4C(=O)N([C@H](CO)c5ccccc5)[C@H](C2=O)[C@]42C=C[C@H]3O2)cc1. The number of allylic oxidation sites excluding steroid dienone is 1. The van der Waals surface area contributed by atoms with Gasteiger partial charge in [0.05, 0.1) is 37.8 Å². The number of carbonyl (C=O) groups excluding carboxylic acids is 4.